The zero-order valence-electron chi connectivity index (χ0n) is 24.9. The lowest BCUT2D eigenvalue weighted by atomic mass is 9.35. The molecule has 0 spiro atoms. The van der Waals surface area contributed by atoms with Gasteiger partial charge in [0.25, 0.3) is 0 Å². The summed E-state index contributed by atoms with van der Waals surface area (Å²) in [6.07, 6.45) is 0. The average molecular weight is 620 g/mol. The third kappa shape index (κ3) is 4.00. The van der Waals surface area contributed by atoms with Crippen molar-refractivity contribution in [2.75, 3.05) is 4.90 Å². The highest BCUT2D eigenvalue weighted by atomic mass is 32.2. The van der Waals surface area contributed by atoms with E-state index in [-0.39, 0.29) is 6.71 Å². The molecule has 0 bridgehead atoms. The van der Waals surface area contributed by atoms with E-state index < -0.39 is 0 Å². The maximum atomic E-state index is 2.62. The van der Waals surface area contributed by atoms with Crippen molar-refractivity contribution in [1.82, 2.24) is 0 Å². The summed E-state index contributed by atoms with van der Waals surface area (Å²) >= 11 is 3.86. The number of rotatable bonds is 4. The molecule has 0 radical (unpaired) electrons. The van der Waals surface area contributed by atoms with Gasteiger partial charge in [-0.1, -0.05) is 162 Å². The molecule has 0 unspecified atom stereocenters. The summed E-state index contributed by atoms with van der Waals surface area (Å²) in [5.41, 5.74) is 15.6. The molecule has 0 aliphatic carbocycles. The number of benzene rings is 7. The fraction of sp³-hybridized carbons (Fsp3) is 0. The van der Waals surface area contributed by atoms with Crippen molar-refractivity contribution in [2.45, 2.75) is 19.6 Å². The predicted molar refractivity (Wildman–Crippen MR) is 197 cm³/mol. The molecule has 3 aliphatic rings. The van der Waals surface area contributed by atoms with Crippen LogP contribution < -0.4 is 21.3 Å². The minimum Gasteiger partial charge on any atom is -0.307 e. The molecule has 0 amide bonds. The van der Waals surface area contributed by atoms with E-state index in [1.165, 1.54) is 86.4 Å². The van der Waals surface area contributed by atoms with Gasteiger partial charge in [0.05, 0.1) is 17.1 Å². The number of hydrogen-bond acceptors (Lipinski definition) is 3. The Kier molecular flexibility index (Phi) is 5.91. The summed E-state index contributed by atoms with van der Waals surface area (Å²) in [5.74, 6) is 0. The first-order valence-corrected chi connectivity index (χ1v) is 17.3. The van der Waals surface area contributed by atoms with Gasteiger partial charge in [-0.3, -0.25) is 0 Å². The Morgan fingerprint density at radius 2 is 0.696 bits per heavy atom. The van der Waals surface area contributed by atoms with E-state index in [4.69, 9.17) is 0 Å². The molecule has 1 nitrogen and oxygen atoms in total. The third-order valence-corrected chi connectivity index (χ3v) is 11.6. The number of anilines is 3. The lowest BCUT2D eigenvalue weighted by Crippen LogP contribution is -2.58. The zero-order chi connectivity index (χ0) is 30.2. The molecular formula is C42H26BNS2. The summed E-state index contributed by atoms with van der Waals surface area (Å²) in [5, 5.41) is 0. The van der Waals surface area contributed by atoms with Gasteiger partial charge in [-0.2, -0.15) is 0 Å². The maximum absolute atomic E-state index is 2.62. The molecule has 0 saturated heterocycles. The van der Waals surface area contributed by atoms with Crippen LogP contribution in [0.15, 0.2) is 177 Å². The standard InChI is InChI=1S/C42H26BNS2/c1-5-13-27(14-6-1)30-21-34-40-36(23-30)45-38-25-32(29-17-9-3-10-18-29)26-39-42(38)44(40)41-35(43(34)33-19-11-4-12-20-33)22-31(24-37(41)46-39)28-15-7-2-8-16-28/h1-26H. The SMILES string of the molecule is c1ccc(B2c3cc(-c4ccccc4)cc4c3N3c5c(cc(-c6ccccc6)cc5Sc5cc(-c6ccccc6)cc2c53)S4)cc1. The highest BCUT2D eigenvalue weighted by molar-refractivity contribution is 8.00. The van der Waals surface area contributed by atoms with Gasteiger partial charge in [0, 0.05) is 19.6 Å². The largest absolute Gasteiger partial charge is 0.307 e. The first-order chi connectivity index (χ1) is 22.8. The molecule has 3 aliphatic heterocycles. The summed E-state index contributed by atoms with van der Waals surface area (Å²) in [7, 11) is 0. The summed E-state index contributed by atoms with van der Waals surface area (Å²) in [4.78, 5) is 7.88. The Bertz CT molecular complexity index is 2180. The van der Waals surface area contributed by atoms with Crippen molar-refractivity contribution in [3.63, 3.8) is 0 Å². The van der Waals surface area contributed by atoms with Gasteiger partial charge in [-0.15, -0.1) is 0 Å². The van der Waals surface area contributed by atoms with E-state index in [9.17, 15) is 0 Å². The topological polar surface area (TPSA) is 3.24 Å². The van der Waals surface area contributed by atoms with Crippen LogP contribution in [0.3, 0.4) is 0 Å². The molecule has 214 valence electrons. The highest BCUT2D eigenvalue weighted by Crippen LogP contribution is 2.61. The second-order valence-electron chi connectivity index (χ2n) is 12.1. The fourth-order valence-electron chi connectivity index (χ4n) is 7.43. The molecule has 0 saturated carbocycles. The van der Waals surface area contributed by atoms with E-state index in [0.29, 0.717) is 0 Å². The Balaban J connectivity index is 1.31. The molecule has 7 aromatic rings. The molecule has 0 atom stereocenters. The zero-order valence-corrected chi connectivity index (χ0v) is 26.5. The van der Waals surface area contributed by atoms with Gasteiger partial charge >= 0.3 is 0 Å². The van der Waals surface area contributed by atoms with E-state index in [0.717, 1.165) is 0 Å². The average Bonchev–Trinajstić information content (AvgIpc) is 3.12. The lowest BCUT2D eigenvalue weighted by molar-refractivity contribution is 1.09. The van der Waals surface area contributed by atoms with Crippen LogP contribution in [0.4, 0.5) is 17.1 Å². The Hall–Kier alpha value is -4.90. The van der Waals surface area contributed by atoms with Gasteiger partial charge < -0.3 is 4.90 Å². The van der Waals surface area contributed by atoms with E-state index in [2.05, 4.69) is 163 Å². The molecule has 0 fully saturated rings. The number of hydrogen-bond donors (Lipinski definition) is 0. The summed E-state index contributed by atoms with van der Waals surface area (Å²) in [6, 6.07) is 58.2. The van der Waals surface area contributed by atoms with Crippen molar-refractivity contribution in [3.05, 3.63) is 158 Å². The smallest absolute Gasteiger partial charge is 0.246 e. The van der Waals surface area contributed by atoms with Crippen LogP contribution in [0, 0.1) is 0 Å². The van der Waals surface area contributed by atoms with Crippen LogP contribution in [0.5, 0.6) is 0 Å². The second kappa shape index (κ2) is 10.3. The second-order valence-corrected chi connectivity index (χ2v) is 14.3. The quantitative estimate of drug-likeness (QED) is 0.181. The van der Waals surface area contributed by atoms with Crippen LogP contribution in [0.25, 0.3) is 33.4 Å². The summed E-state index contributed by atoms with van der Waals surface area (Å²) in [6.45, 7) is 0.111. The normalized spacial score (nSPS) is 13.4. The van der Waals surface area contributed by atoms with Crippen molar-refractivity contribution in [3.8, 4) is 33.4 Å². The fourth-order valence-corrected chi connectivity index (χ4v) is 9.92. The van der Waals surface area contributed by atoms with E-state index >= 15 is 0 Å². The van der Waals surface area contributed by atoms with Gasteiger partial charge in [0.2, 0.25) is 6.71 Å². The van der Waals surface area contributed by atoms with Gasteiger partial charge in [-0.25, -0.2) is 0 Å². The molecular weight excluding hydrogens is 593 g/mol. The van der Waals surface area contributed by atoms with E-state index in [1.807, 2.05) is 23.5 Å². The molecule has 10 rings (SSSR count). The lowest BCUT2D eigenvalue weighted by Gasteiger charge is -2.45. The Morgan fingerprint density at radius 3 is 1.11 bits per heavy atom. The molecule has 3 heterocycles. The monoisotopic (exact) mass is 619 g/mol. The van der Waals surface area contributed by atoms with Crippen LogP contribution >= 0.6 is 23.5 Å². The first-order valence-electron chi connectivity index (χ1n) is 15.7. The Morgan fingerprint density at radius 1 is 0.348 bits per heavy atom. The Labute approximate surface area is 278 Å². The van der Waals surface area contributed by atoms with Crippen LogP contribution in [0.1, 0.15) is 0 Å². The van der Waals surface area contributed by atoms with Gasteiger partial charge in [0.15, 0.2) is 0 Å². The van der Waals surface area contributed by atoms with Crippen molar-refractivity contribution in [2.24, 2.45) is 0 Å². The van der Waals surface area contributed by atoms with Gasteiger partial charge in [0.1, 0.15) is 0 Å². The molecule has 4 heteroatoms. The van der Waals surface area contributed by atoms with Crippen LogP contribution in [-0.2, 0) is 0 Å². The van der Waals surface area contributed by atoms with Crippen molar-refractivity contribution < 1.29 is 0 Å². The van der Waals surface area contributed by atoms with E-state index in [1.54, 1.807) is 0 Å². The highest BCUT2D eigenvalue weighted by Gasteiger charge is 2.44. The first kappa shape index (κ1) is 26.3. The molecule has 46 heavy (non-hydrogen) atoms. The maximum Gasteiger partial charge on any atom is 0.246 e. The minimum absolute atomic E-state index is 0.111. The summed E-state index contributed by atoms with van der Waals surface area (Å²) < 4.78 is 0. The molecule has 0 N–H and O–H groups in total. The minimum atomic E-state index is 0.111. The van der Waals surface area contributed by atoms with Crippen molar-refractivity contribution in [1.29, 1.82) is 0 Å². The number of nitrogens with zero attached hydrogens (tertiary/aromatic N) is 1. The molecule has 0 aromatic heterocycles. The van der Waals surface area contributed by atoms with Crippen LogP contribution in [0.2, 0.25) is 0 Å². The van der Waals surface area contributed by atoms with Crippen LogP contribution in [-0.4, -0.2) is 6.71 Å². The third-order valence-electron chi connectivity index (χ3n) is 9.44. The van der Waals surface area contributed by atoms with Gasteiger partial charge in [-0.05, 0) is 68.6 Å². The molecule has 7 aromatic carbocycles. The van der Waals surface area contributed by atoms with Crippen molar-refractivity contribution >= 4 is 63.7 Å². The predicted octanol–water partition coefficient (Wildman–Crippen LogP) is 9.92.